The fourth-order valence-electron chi connectivity index (χ4n) is 2.67. The zero-order valence-corrected chi connectivity index (χ0v) is 13.9. The SMILES string of the molecule is CSC1CCCC(NCc2cc(Br)ccc2[N+](=O)[O-])C1. The van der Waals surface area contributed by atoms with Gasteiger partial charge in [-0.3, -0.25) is 10.1 Å². The monoisotopic (exact) mass is 358 g/mol. The van der Waals surface area contributed by atoms with Gasteiger partial charge < -0.3 is 5.32 Å². The van der Waals surface area contributed by atoms with Crippen LogP contribution in [-0.2, 0) is 6.54 Å². The Morgan fingerprint density at radius 3 is 3.00 bits per heavy atom. The number of hydrogen-bond donors (Lipinski definition) is 1. The number of rotatable bonds is 5. The van der Waals surface area contributed by atoms with Crippen LogP contribution in [0, 0.1) is 10.1 Å². The highest BCUT2D eigenvalue weighted by Crippen LogP contribution is 2.28. The fraction of sp³-hybridized carbons (Fsp3) is 0.571. The summed E-state index contributed by atoms with van der Waals surface area (Å²) in [5.74, 6) is 0. The molecule has 2 rings (SSSR count). The Morgan fingerprint density at radius 2 is 2.30 bits per heavy atom. The molecule has 6 heteroatoms. The quantitative estimate of drug-likeness (QED) is 0.635. The molecule has 1 N–H and O–H groups in total. The summed E-state index contributed by atoms with van der Waals surface area (Å²) in [6.45, 7) is 0.557. The lowest BCUT2D eigenvalue weighted by atomic mass is 9.94. The fourth-order valence-corrected chi connectivity index (χ4v) is 3.91. The van der Waals surface area contributed by atoms with E-state index in [2.05, 4.69) is 27.5 Å². The molecule has 0 aliphatic heterocycles. The molecule has 0 bridgehead atoms. The van der Waals surface area contributed by atoms with E-state index in [1.807, 2.05) is 17.8 Å². The van der Waals surface area contributed by atoms with Crippen molar-refractivity contribution >= 4 is 33.4 Å². The predicted octanol–water partition coefficient (Wildman–Crippen LogP) is 4.12. The number of nitrogens with one attached hydrogen (secondary N) is 1. The van der Waals surface area contributed by atoms with Crippen LogP contribution in [0.2, 0.25) is 0 Å². The van der Waals surface area contributed by atoms with Gasteiger partial charge in [-0.25, -0.2) is 0 Å². The second kappa shape index (κ2) is 7.43. The van der Waals surface area contributed by atoms with E-state index in [1.165, 1.54) is 19.3 Å². The van der Waals surface area contributed by atoms with Crippen LogP contribution >= 0.6 is 27.7 Å². The highest BCUT2D eigenvalue weighted by Gasteiger charge is 2.22. The second-order valence-corrected chi connectivity index (χ2v) is 7.19. The van der Waals surface area contributed by atoms with E-state index in [0.717, 1.165) is 21.7 Å². The number of benzene rings is 1. The zero-order valence-electron chi connectivity index (χ0n) is 11.5. The Labute approximate surface area is 132 Å². The number of halogens is 1. The smallest absolute Gasteiger partial charge is 0.273 e. The lowest BCUT2D eigenvalue weighted by molar-refractivity contribution is -0.385. The average Bonchev–Trinajstić information content (AvgIpc) is 2.45. The lowest BCUT2D eigenvalue weighted by Gasteiger charge is -2.28. The van der Waals surface area contributed by atoms with Gasteiger partial charge >= 0.3 is 0 Å². The Morgan fingerprint density at radius 1 is 1.50 bits per heavy atom. The van der Waals surface area contributed by atoms with Gasteiger partial charge in [-0.2, -0.15) is 11.8 Å². The maximum Gasteiger partial charge on any atom is 0.273 e. The van der Waals surface area contributed by atoms with Crippen molar-refractivity contribution in [3.05, 3.63) is 38.3 Å². The van der Waals surface area contributed by atoms with E-state index in [4.69, 9.17) is 0 Å². The molecule has 0 radical (unpaired) electrons. The van der Waals surface area contributed by atoms with E-state index in [-0.39, 0.29) is 10.6 Å². The van der Waals surface area contributed by atoms with E-state index < -0.39 is 0 Å². The van der Waals surface area contributed by atoms with Crippen LogP contribution < -0.4 is 5.32 Å². The van der Waals surface area contributed by atoms with Gasteiger partial charge in [-0.05, 0) is 37.7 Å². The zero-order chi connectivity index (χ0) is 14.5. The summed E-state index contributed by atoms with van der Waals surface area (Å²) >= 11 is 5.30. The molecule has 0 spiro atoms. The first-order valence-corrected chi connectivity index (χ1v) is 8.87. The highest BCUT2D eigenvalue weighted by atomic mass is 79.9. The molecular formula is C14H19BrN2O2S. The van der Waals surface area contributed by atoms with Crippen molar-refractivity contribution in [1.29, 1.82) is 0 Å². The Hall–Kier alpha value is -0.590. The largest absolute Gasteiger partial charge is 0.310 e. The minimum absolute atomic E-state index is 0.193. The van der Waals surface area contributed by atoms with Gasteiger partial charge in [0.1, 0.15) is 0 Å². The predicted molar refractivity (Wildman–Crippen MR) is 87.2 cm³/mol. The van der Waals surface area contributed by atoms with Gasteiger partial charge in [-0.1, -0.05) is 22.4 Å². The van der Waals surface area contributed by atoms with Crippen molar-refractivity contribution in [3.63, 3.8) is 0 Å². The van der Waals surface area contributed by atoms with Crippen LogP contribution in [0.3, 0.4) is 0 Å². The second-order valence-electron chi connectivity index (χ2n) is 5.13. The summed E-state index contributed by atoms with van der Waals surface area (Å²) in [7, 11) is 0. The van der Waals surface area contributed by atoms with Crippen molar-refractivity contribution < 1.29 is 4.92 Å². The molecule has 4 nitrogen and oxygen atoms in total. The molecule has 0 aromatic heterocycles. The normalized spacial score (nSPS) is 22.7. The molecule has 1 fully saturated rings. The molecule has 0 saturated heterocycles. The summed E-state index contributed by atoms with van der Waals surface area (Å²) in [4.78, 5) is 10.7. The molecule has 2 unspecified atom stereocenters. The first kappa shape index (κ1) is 15.8. The molecule has 20 heavy (non-hydrogen) atoms. The summed E-state index contributed by atoms with van der Waals surface area (Å²) < 4.78 is 0.880. The third-order valence-electron chi connectivity index (χ3n) is 3.78. The van der Waals surface area contributed by atoms with Crippen LogP contribution in [0.4, 0.5) is 5.69 Å². The lowest BCUT2D eigenvalue weighted by Crippen LogP contribution is -2.34. The van der Waals surface area contributed by atoms with Gasteiger partial charge in [0.25, 0.3) is 5.69 Å². The van der Waals surface area contributed by atoms with Crippen molar-refractivity contribution in [3.8, 4) is 0 Å². The number of thioether (sulfide) groups is 1. The Balaban J connectivity index is 1.99. The third kappa shape index (κ3) is 4.20. The topological polar surface area (TPSA) is 55.2 Å². The molecule has 1 aliphatic carbocycles. The van der Waals surface area contributed by atoms with E-state index >= 15 is 0 Å². The number of nitrogens with zero attached hydrogens (tertiary/aromatic N) is 1. The average molecular weight is 359 g/mol. The molecule has 0 heterocycles. The standard InChI is InChI=1S/C14H19BrN2O2S/c1-20-13-4-2-3-12(8-13)16-9-10-7-11(15)5-6-14(10)17(18)19/h5-7,12-13,16H,2-4,8-9H2,1H3. The minimum atomic E-state index is -0.310. The molecule has 2 atom stereocenters. The van der Waals surface area contributed by atoms with Crippen molar-refractivity contribution in [2.75, 3.05) is 6.26 Å². The molecule has 0 amide bonds. The van der Waals surface area contributed by atoms with Gasteiger partial charge in [0.15, 0.2) is 0 Å². The number of hydrogen-bond acceptors (Lipinski definition) is 4. The van der Waals surface area contributed by atoms with E-state index in [1.54, 1.807) is 12.1 Å². The molecule has 1 aromatic rings. The van der Waals surface area contributed by atoms with Crippen LogP contribution in [0.15, 0.2) is 22.7 Å². The van der Waals surface area contributed by atoms with Gasteiger partial charge in [0.05, 0.1) is 4.92 Å². The van der Waals surface area contributed by atoms with Crippen LogP contribution in [0.1, 0.15) is 31.2 Å². The molecule has 1 aliphatic rings. The highest BCUT2D eigenvalue weighted by molar-refractivity contribution is 9.10. The maximum absolute atomic E-state index is 11.0. The van der Waals surface area contributed by atoms with Crippen LogP contribution in [-0.4, -0.2) is 22.5 Å². The van der Waals surface area contributed by atoms with Crippen molar-refractivity contribution in [2.24, 2.45) is 0 Å². The number of nitro groups is 1. The number of nitro benzene ring substituents is 1. The molecule has 110 valence electrons. The van der Waals surface area contributed by atoms with Gasteiger partial charge in [0, 0.05) is 33.9 Å². The molecule has 1 aromatic carbocycles. The Kier molecular flexibility index (Phi) is 5.86. The minimum Gasteiger partial charge on any atom is -0.310 e. The van der Waals surface area contributed by atoms with Gasteiger partial charge in [0.2, 0.25) is 0 Å². The van der Waals surface area contributed by atoms with Crippen LogP contribution in [0.5, 0.6) is 0 Å². The molecular weight excluding hydrogens is 340 g/mol. The summed E-state index contributed by atoms with van der Waals surface area (Å²) in [6.07, 6.45) is 7.01. The molecule has 1 saturated carbocycles. The van der Waals surface area contributed by atoms with E-state index in [9.17, 15) is 10.1 Å². The Bertz CT molecular complexity index is 484. The third-order valence-corrected chi connectivity index (χ3v) is 5.37. The summed E-state index contributed by atoms with van der Waals surface area (Å²) in [6, 6.07) is 5.58. The van der Waals surface area contributed by atoms with Crippen LogP contribution in [0.25, 0.3) is 0 Å². The van der Waals surface area contributed by atoms with E-state index in [0.29, 0.717) is 12.6 Å². The first-order chi connectivity index (χ1) is 9.60. The van der Waals surface area contributed by atoms with Gasteiger partial charge in [-0.15, -0.1) is 0 Å². The van der Waals surface area contributed by atoms with Crippen molar-refractivity contribution in [2.45, 2.75) is 43.5 Å². The summed E-state index contributed by atoms with van der Waals surface area (Å²) in [5.41, 5.74) is 0.938. The van der Waals surface area contributed by atoms with Crippen molar-refractivity contribution in [1.82, 2.24) is 5.32 Å². The first-order valence-electron chi connectivity index (χ1n) is 6.79. The maximum atomic E-state index is 11.0. The summed E-state index contributed by atoms with van der Waals surface area (Å²) in [5, 5.41) is 15.2.